The summed E-state index contributed by atoms with van der Waals surface area (Å²) in [5.41, 5.74) is 1.13. The molecule has 1 aromatic carbocycles. The normalized spacial score (nSPS) is 20.4. The molecule has 4 heteroatoms. The van der Waals surface area contributed by atoms with Crippen molar-refractivity contribution in [3.8, 4) is 0 Å². The van der Waals surface area contributed by atoms with Crippen molar-refractivity contribution >= 4 is 45.2 Å². The second kappa shape index (κ2) is 5.91. The average molecular weight is 346 g/mol. The van der Waals surface area contributed by atoms with Crippen LogP contribution >= 0.6 is 34.4 Å². The minimum Gasteiger partial charge on any atom is -0.335 e. The van der Waals surface area contributed by atoms with Gasteiger partial charge >= 0.3 is 0 Å². The van der Waals surface area contributed by atoms with E-state index in [4.69, 9.17) is 4.99 Å². The van der Waals surface area contributed by atoms with E-state index in [9.17, 15) is 0 Å². The van der Waals surface area contributed by atoms with Gasteiger partial charge in [0.2, 0.25) is 0 Å². The Kier molecular flexibility index (Phi) is 4.52. The van der Waals surface area contributed by atoms with Gasteiger partial charge in [-0.3, -0.25) is 4.99 Å². The Morgan fingerprint density at radius 1 is 1.56 bits per heavy atom. The van der Waals surface area contributed by atoms with Gasteiger partial charge in [-0.15, -0.1) is 0 Å². The summed E-state index contributed by atoms with van der Waals surface area (Å²) in [4.78, 5) is 4.69. The molecule has 1 N–H and O–H groups in total. The lowest BCUT2D eigenvalue weighted by molar-refractivity contribution is 0.634. The number of nitrogens with one attached hydrogen (secondary N) is 1. The molecule has 0 spiro atoms. The van der Waals surface area contributed by atoms with Crippen molar-refractivity contribution in [3.63, 3.8) is 0 Å². The third-order valence-electron chi connectivity index (χ3n) is 2.54. The summed E-state index contributed by atoms with van der Waals surface area (Å²) in [6, 6.07) is 8.89. The number of anilines is 1. The minimum absolute atomic E-state index is 0.506. The molecule has 0 fully saturated rings. The van der Waals surface area contributed by atoms with Gasteiger partial charge in [-0.2, -0.15) is 0 Å². The van der Waals surface area contributed by atoms with Crippen LogP contribution in [0.25, 0.3) is 0 Å². The number of benzene rings is 1. The highest BCUT2D eigenvalue weighted by molar-refractivity contribution is 14.1. The van der Waals surface area contributed by atoms with Gasteiger partial charge in [-0.1, -0.05) is 24.8 Å². The Hall–Kier alpha value is -0.230. The number of thioether (sulfide) groups is 1. The van der Waals surface area contributed by atoms with E-state index in [1.807, 2.05) is 11.8 Å². The molecule has 0 saturated heterocycles. The number of hydrogen-bond acceptors (Lipinski definition) is 3. The molecule has 1 heterocycles. The predicted octanol–water partition coefficient (Wildman–Crippen LogP) is 3.97. The summed E-state index contributed by atoms with van der Waals surface area (Å²) in [6.07, 6.45) is 2.34. The molecule has 0 aliphatic carbocycles. The lowest BCUT2D eigenvalue weighted by atomic mass is 10.2. The maximum Gasteiger partial charge on any atom is 0.161 e. The second-order valence-corrected chi connectivity index (χ2v) is 6.10. The van der Waals surface area contributed by atoms with Crippen LogP contribution in [-0.4, -0.2) is 17.0 Å². The first-order valence-electron chi connectivity index (χ1n) is 5.51. The molecule has 0 saturated carbocycles. The van der Waals surface area contributed by atoms with Crippen molar-refractivity contribution in [2.24, 2.45) is 4.99 Å². The molecule has 86 valence electrons. The van der Waals surface area contributed by atoms with E-state index in [1.54, 1.807) is 0 Å². The van der Waals surface area contributed by atoms with Crippen molar-refractivity contribution in [2.45, 2.75) is 25.8 Å². The molecule has 1 aromatic rings. The molecule has 1 unspecified atom stereocenters. The number of hydrogen-bond donors (Lipinski definition) is 1. The third-order valence-corrected chi connectivity index (χ3v) is 4.13. The Bertz CT molecular complexity index is 392. The predicted molar refractivity (Wildman–Crippen MR) is 81.4 cm³/mol. The van der Waals surface area contributed by atoms with Gasteiger partial charge < -0.3 is 5.32 Å². The fourth-order valence-corrected chi connectivity index (χ4v) is 3.15. The zero-order valence-electron chi connectivity index (χ0n) is 9.24. The van der Waals surface area contributed by atoms with E-state index in [0.29, 0.717) is 6.04 Å². The largest absolute Gasteiger partial charge is 0.335 e. The number of rotatable bonds is 2. The molecule has 0 bridgehead atoms. The molecule has 0 aromatic heterocycles. The Labute approximate surface area is 114 Å². The molecule has 0 amide bonds. The van der Waals surface area contributed by atoms with Crippen LogP contribution in [0.5, 0.6) is 0 Å². The molecule has 1 aliphatic heterocycles. The smallest absolute Gasteiger partial charge is 0.161 e. The van der Waals surface area contributed by atoms with E-state index in [1.165, 1.54) is 15.7 Å². The lowest BCUT2D eigenvalue weighted by Crippen LogP contribution is -2.19. The number of halogens is 1. The average Bonchev–Trinajstić information content (AvgIpc) is 2.29. The van der Waals surface area contributed by atoms with E-state index in [0.717, 1.165) is 17.3 Å². The van der Waals surface area contributed by atoms with Crippen molar-refractivity contribution in [1.29, 1.82) is 0 Å². The van der Waals surface area contributed by atoms with Gasteiger partial charge in [0.15, 0.2) is 5.17 Å². The van der Waals surface area contributed by atoms with Gasteiger partial charge in [-0.25, -0.2) is 0 Å². The van der Waals surface area contributed by atoms with Crippen molar-refractivity contribution in [2.75, 3.05) is 11.1 Å². The highest BCUT2D eigenvalue weighted by Crippen LogP contribution is 2.21. The van der Waals surface area contributed by atoms with Crippen molar-refractivity contribution in [3.05, 3.63) is 27.8 Å². The SMILES string of the molecule is CCC1CCSC(Nc2cccc(I)c2)=N1. The van der Waals surface area contributed by atoms with E-state index >= 15 is 0 Å². The number of aliphatic imine (C=N–C) groups is 1. The van der Waals surface area contributed by atoms with Gasteiger partial charge in [0.25, 0.3) is 0 Å². The first kappa shape index (κ1) is 12.2. The molecule has 0 radical (unpaired) electrons. The lowest BCUT2D eigenvalue weighted by Gasteiger charge is -2.19. The summed E-state index contributed by atoms with van der Waals surface area (Å²) in [7, 11) is 0. The summed E-state index contributed by atoms with van der Waals surface area (Å²) in [5, 5.41) is 4.46. The first-order chi connectivity index (χ1) is 7.78. The van der Waals surface area contributed by atoms with Gasteiger partial charge in [-0.05, 0) is 53.6 Å². The maximum atomic E-state index is 4.69. The van der Waals surface area contributed by atoms with Gasteiger partial charge in [0.1, 0.15) is 0 Å². The minimum atomic E-state index is 0.506. The molecule has 2 nitrogen and oxygen atoms in total. The van der Waals surface area contributed by atoms with Crippen LogP contribution in [0.2, 0.25) is 0 Å². The summed E-state index contributed by atoms with van der Waals surface area (Å²) in [5.74, 6) is 1.17. The van der Waals surface area contributed by atoms with Crippen LogP contribution < -0.4 is 5.32 Å². The number of amidine groups is 1. The fraction of sp³-hybridized carbons (Fsp3) is 0.417. The Morgan fingerprint density at radius 3 is 3.19 bits per heavy atom. The molecule has 1 aliphatic rings. The van der Waals surface area contributed by atoms with Gasteiger partial charge in [0, 0.05) is 15.0 Å². The van der Waals surface area contributed by atoms with Crippen LogP contribution in [0.1, 0.15) is 19.8 Å². The molecule has 2 rings (SSSR count). The quantitative estimate of drug-likeness (QED) is 0.820. The standard InChI is InChI=1S/C12H15IN2S/c1-2-10-6-7-16-12(14-10)15-11-5-3-4-9(13)8-11/h3-5,8,10H,2,6-7H2,1H3,(H,14,15). The van der Waals surface area contributed by atoms with Crippen LogP contribution in [0.3, 0.4) is 0 Å². The van der Waals surface area contributed by atoms with Crippen molar-refractivity contribution < 1.29 is 0 Å². The van der Waals surface area contributed by atoms with Crippen LogP contribution in [0, 0.1) is 3.57 Å². The summed E-state index contributed by atoms with van der Waals surface area (Å²) >= 11 is 4.14. The van der Waals surface area contributed by atoms with Crippen LogP contribution in [0.4, 0.5) is 5.69 Å². The van der Waals surface area contributed by atoms with E-state index in [2.05, 4.69) is 59.1 Å². The van der Waals surface area contributed by atoms with Crippen LogP contribution in [-0.2, 0) is 0 Å². The van der Waals surface area contributed by atoms with Crippen molar-refractivity contribution in [1.82, 2.24) is 0 Å². The highest BCUT2D eigenvalue weighted by Gasteiger charge is 2.13. The fourth-order valence-electron chi connectivity index (χ4n) is 1.61. The molecule has 1 atom stereocenters. The van der Waals surface area contributed by atoms with E-state index in [-0.39, 0.29) is 0 Å². The van der Waals surface area contributed by atoms with Gasteiger partial charge in [0.05, 0.1) is 6.04 Å². The summed E-state index contributed by atoms with van der Waals surface area (Å²) in [6.45, 7) is 2.20. The molecular formula is C12H15IN2S. The second-order valence-electron chi connectivity index (χ2n) is 3.77. The maximum absolute atomic E-state index is 4.69. The number of nitrogens with zero attached hydrogens (tertiary/aromatic N) is 1. The van der Waals surface area contributed by atoms with Crippen LogP contribution in [0.15, 0.2) is 29.3 Å². The summed E-state index contributed by atoms with van der Waals surface area (Å²) < 4.78 is 1.25. The zero-order chi connectivity index (χ0) is 11.4. The monoisotopic (exact) mass is 346 g/mol. The zero-order valence-corrected chi connectivity index (χ0v) is 12.2. The molecular weight excluding hydrogens is 331 g/mol. The van der Waals surface area contributed by atoms with E-state index < -0.39 is 0 Å². The third kappa shape index (κ3) is 3.38. The topological polar surface area (TPSA) is 24.4 Å². The molecule has 16 heavy (non-hydrogen) atoms. The Balaban J connectivity index is 2.06. The first-order valence-corrected chi connectivity index (χ1v) is 7.57. The highest BCUT2D eigenvalue weighted by atomic mass is 127. The Morgan fingerprint density at radius 2 is 2.44 bits per heavy atom.